The van der Waals surface area contributed by atoms with Crippen molar-refractivity contribution in [3.05, 3.63) is 0 Å². The molecular formula is C95H194N6O30P6. The molecule has 0 aliphatic heterocycles. The molecule has 0 spiro atoms. The van der Waals surface area contributed by atoms with Crippen molar-refractivity contribution in [2.45, 2.75) is 242 Å². The predicted molar refractivity (Wildman–Crippen MR) is 520 cm³/mol. The first kappa shape index (κ1) is 128. The Kier molecular flexibility index (Phi) is 51.0. The molecule has 137 heavy (non-hydrogen) atoms. The number of hydrogen-bond acceptors (Lipinski definition) is 30. The third kappa shape index (κ3) is 41.5. The molecule has 0 aromatic heterocycles. The van der Waals surface area contributed by atoms with Crippen LogP contribution in [-0.4, -0.2) is 349 Å². The van der Waals surface area contributed by atoms with Crippen molar-refractivity contribution in [2.75, 3.05) is 285 Å². The number of phosphoric acid groups is 6. The van der Waals surface area contributed by atoms with Gasteiger partial charge in [0.1, 0.15) is 78.9 Å². The summed E-state index contributed by atoms with van der Waals surface area (Å²) in [7, 11) is 8.15. The Morgan fingerprint density at radius 2 is 0.533 bits per heavy atom. The van der Waals surface area contributed by atoms with Gasteiger partial charge in [-0.2, -0.15) is 0 Å². The van der Waals surface area contributed by atoms with Crippen LogP contribution in [0.3, 0.4) is 0 Å². The van der Waals surface area contributed by atoms with Crippen molar-refractivity contribution in [1.82, 2.24) is 0 Å². The number of unbranched alkanes of at least 4 members (excludes halogenated alkanes) is 3. The third-order valence-corrected chi connectivity index (χ3v) is 37.2. The number of quaternary nitrogens is 6. The Hall–Kier alpha value is 0.180. The molecule has 8 fully saturated rings. The van der Waals surface area contributed by atoms with Crippen molar-refractivity contribution >= 4 is 46.9 Å². The van der Waals surface area contributed by atoms with E-state index in [1.54, 1.807) is 0 Å². The lowest BCUT2D eigenvalue weighted by atomic mass is 9.43. The molecule has 8 aliphatic carbocycles. The standard InChI is InChI=1S/C47H94N3O15P3.C46H92N3O15P3.2CH4/c1-14-15-16-17-37(2)40-18-19-41-45-42(36-44(47(40,41)4)59-30-33-65-68(55,56)62-27-24-50(11,12)13)46(3)21-20-39(57-28-31-63-66(51,52)60-25-22-48(5,6)7)34-38(46)35-43(45)58-29-32-64-67(53,54)61-26-23-49(8,9)10;1-14-15-16-36(2)39-17-18-40-44-41(35-43(46(39,40)4)58-29-32-64-67(54,55)61-26-23-49(11,12)13)45(3)20-19-38(56-27-30-62-65(50,51)59-24-21-47(5,6)7)33-37(45)34-42(44)57-28-31-63-66(52,53)60-25-22-48(8,9)10;;/h37-45H,14-36H2,1-13H3;36-44H,14-35H2,1-13H3;2*1H4/t37-,38+,39-,40-,41+,42+,43-,44+,45+,46+,47-;36-,37+,38-,39-,40+,41+,42-,43+,44+,45+,46-;;/m11../s1. The van der Waals surface area contributed by atoms with Gasteiger partial charge in [0.05, 0.1) is 243 Å². The molecule has 8 rings (SSSR count). The molecule has 0 N–H and O–H groups in total. The predicted octanol–water partition coefficient (Wildman–Crippen LogP) is 12.6. The molecule has 814 valence electrons. The SMILES string of the molecule is C.C.CCCCC[C@@H](C)[C@H]1CC[C@H]2[C@@H]3[C@H](OCCOP(=O)([O-])OCC[N+](C)(C)C)C[C@@H]4C[C@H](OCCOP(=O)([O-])OCC[N+](C)(C)C)CC[C@]4(C)[C@H]3C[C@H](OCCOP(=O)([O-])OCC[N+](C)(C)C)[C@]12C.CCCC[C@@H](C)[C@H]1CC[C@H]2[C@@H]3[C@H](OCCOP(=O)([O-])OCC[N+](C)(C)C)C[C@@H]4C[C@H](OCCOP(=O)([O-])OCC[N+](C)(C)C)CC[C@]4(C)[C@H]3C[C@H](OCCOP(=O)([O-])OCC[N+](C)(C)C)[C@]12C. The number of phosphoric ester groups is 6. The van der Waals surface area contributed by atoms with Gasteiger partial charge in [-0.15, -0.1) is 0 Å². The molecule has 28 atom stereocenters. The summed E-state index contributed by atoms with van der Waals surface area (Å²) in [6.07, 6.45) is 19.0. The van der Waals surface area contributed by atoms with E-state index in [-0.39, 0.29) is 239 Å². The van der Waals surface area contributed by atoms with E-state index in [2.05, 4.69) is 55.4 Å². The average Bonchev–Trinajstić information content (AvgIpc) is 1.61. The quantitative estimate of drug-likeness (QED) is 0.0310. The van der Waals surface area contributed by atoms with Gasteiger partial charge < -0.3 is 139 Å². The van der Waals surface area contributed by atoms with Gasteiger partial charge >= 0.3 is 0 Å². The van der Waals surface area contributed by atoms with Gasteiger partial charge in [0, 0.05) is 10.8 Å². The van der Waals surface area contributed by atoms with Crippen LogP contribution in [0.4, 0.5) is 0 Å². The summed E-state index contributed by atoms with van der Waals surface area (Å²) in [5.41, 5.74) is -0.697. The number of nitrogens with zero attached hydrogens (tertiary/aromatic N) is 6. The van der Waals surface area contributed by atoms with Crippen molar-refractivity contribution in [3.63, 3.8) is 0 Å². The molecule has 0 aromatic rings. The zero-order valence-electron chi connectivity index (χ0n) is 87.8. The molecule has 0 amide bonds. The molecule has 0 heterocycles. The van der Waals surface area contributed by atoms with E-state index in [9.17, 15) is 56.8 Å². The van der Waals surface area contributed by atoms with Crippen LogP contribution in [0.5, 0.6) is 0 Å². The lowest BCUT2D eigenvalue weighted by Gasteiger charge is -2.64. The molecule has 42 heteroatoms. The first-order valence-corrected chi connectivity index (χ1v) is 59.2. The van der Waals surface area contributed by atoms with Crippen molar-refractivity contribution in [3.8, 4) is 0 Å². The van der Waals surface area contributed by atoms with E-state index in [0.717, 1.165) is 128 Å². The molecule has 6 unspecified atom stereocenters. The Balaban J connectivity index is 0.000000477. The second kappa shape index (κ2) is 54.8. The lowest BCUT2D eigenvalue weighted by molar-refractivity contribution is -0.870. The van der Waals surface area contributed by atoms with Gasteiger partial charge in [-0.3, -0.25) is 27.4 Å². The summed E-state index contributed by atoms with van der Waals surface area (Å²) in [4.78, 5) is 76.0. The fourth-order valence-electron chi connectivity index (χ4n) is 23.8. The van der Waals surface area contributed by atoms with Crippen LogP contribution in [0.2, 0.25) is 0 Å². The van der Waals surface area contributed by atoms with Crippen LogP contribution in [0.1, 0.15) is 205 Å². The highest BCUT2D eigenvalue weighted by molar-refractivity contribution is 7.47. The van der Waals surface area contributed by atoms with Crippen molar-refractivity contribution < 1.29 is 166 Å². The number of fused-ring (bicyclic) bond motifs is 10. The third-order valence-electron chi connectivity index (χ3n) is 31.2. The van der Waals surface area contributed by atoms with Crippen LogP contribution >= 0.6 is 46.9 Å². The minimum Gasteiger partial charge on any atom is -0.756 e. The fraction of sp³-hybridized carbons (Fsp3) is 1.00. The van der Waals surface area contributed by atoms with Crippen LogP contribution < -0.4 is 29.4 Å². The fourth-order valence-corrected chi connectivity index (χ4v) is 27.9. The molecule has 0 radical (unpaired) electrons. The van der Waals surface area contributed by atoms with E-state index in [1.165, 1.54) is 6.42 Å². The number of hydrogen-bond donors (Lipinski definition) is 0. The van der Waals surface area contributed by atoms with Crippen LogP contribution in [-0.2, 0) is 110 Å². The van der Waals surface area contributed by atoms with Crippen molar-refractivity contribution in [2.24, 2.45) is 92.7 Å². The molecule has 0 aromatic carbocycles. The van der Waals surface area contributed by atoms with E-state index < -0.39 is 46.9 Å². The number of ether oxygens (including phenoxy) is 6. The summed E-state index contributed by atoms with van der Waals surface area (Å²) < 4.78 is 182. The first-order valence-electron chi connectivity index (χ1n) is 50.4. The van der Waals surface area contributed by atoms with Crippen LogP contribution in [0, 0.1) is 92.7 Å². The van der Waals surface area contributed by atoms with Crippen LogP contribution in [0.15, 0.2) is 0 Å². The maximum absolute atomic E-state index is 12.8. The Bertz CT molecular complexity index is 3820. The summed E-state index contributed by atoms with van der Waals surface area (Å²) in [5, 5.41) is 0. The molecule has 8 saturated carbocycles. The maximum Gasteiger partial charge on any atom is 0.268 e. The van der Waals surface area contributed by atoms with Crippen molar-refractivity contribution in [1.29, 1.82) is 0 Å². The maximum atomic E-state index is 12.8. The minimum absolute atomic E-state index is 0. The van der Waals surface area contributed by atoms with E-state index in [0.29, 0.717) is 89.8 Å². The van der Waals surface area contributed by atoms with E-state index >= 15 is 0 Å². The largest absolute Gasteiger partial charge is 0.756 e. The highest BCUT2D eigenvalue weighted by Gasteiger charge is 2.69. The molecule has 36 nitrogen and oxygen atoms in total. The zero-order chi connectivity index (χ0) is 101. The zero-order valence-corrected chi connectivity index (χ0v) is 93.2. The summed E-state index contributed by atoms with van der Waals surface area (Å²) in [6.45, 7) is 21.6. The Morgan fingerprint density at radius 3 is 0.788 bits per heavy atom. The Morgan fingerprint density at radius 1 is 0.292 bits per heavy atom. The van der Waals surface area contributed by atoms with Gasteiger partial charge in [-0.05, 0) is 172 Å². The molecule has 0 bridgehead atoms. The van der Waals surface area contributed by atoms with Gasteiger partial charge in [-0.1, -0.05) is 115 Å². The smallest absolute Gasteiger partial charge is 0.268 e. The second-order valence-electron chi connectivity index (χ2n) is 47.5. The highest BCUT2D eigenvalue weighted by Crippen LogP contribution is 2.72. The Labute approximate surface area is 828 Å². The lowest BCUT2D eigenvalue weighted by Crippen LogP contribution is -2.63. The van der Waals surface area contributed by atoms with Gasteiger partial charge in [0.25, 0.3) is 46.9 Å². The summed E-state index contributed by atoms with van der Waals surface area (Å²) in [5.74, 6) is 3.18. The second-order valence-corrected chi connectivity index (χ2v) is 55.9. The molecule has 0 saturated heterocycles. The molecule has 8 aliphatic rings. The van der Waals surface area contributed by atoms with E-state index in [4.69, 9.17) is 82.7 Å². The first-order chi connectivity index (χ1) is 62.3. The van der Waals surface area contributed by atoms with Crippen LogP contribution in [0.25, 0.3) is 0 Å². The topological polar surface area (TPSA) is 407 Å². The van der Waals surface area contributed by atoms with Gasteiger partial charge in [0.2, 0.25) is 0 Å². The highest BCUT2D eigenvalue weighted by atomic mass is 31.2. The molecular weight excluding hydrogens is 1890 g/mol. The monoisotopic (exact) mass is 2090 g/mol. The number of rotatable bonds is 63. The summed E-state index contributed by atoms with van der Waals surface area (Å²) >= 11 is 0. The van der Waals surface area contributed by atoms with Gasteiger partial charge in [0.15, 0.2) is 0 Å². The minimum atomic E-state index is -4.55. The number of likely N-dealkylation sites (N-methyl/N-ethyl adjacent to an activating group) is 6. The van der Waals surface area contributed by atoms with E-state index in [1.807, 2.05) is 127 Å². The van der Waals surface area contributed by atoms with Gasteiger partial charge in [-0.25, -0.2) is 0 Å². The normalized spacial score (nSPS) is 32.8. The average molecular weight is 2090 g/mol. The summed E-state index contributed by atoms with van der Waals surface area (Å²) in [6, 6.07) is 0.